The van der Waals surface area contributed by atoms with Crippen LogP contribution < -0.4 is 14.4 Å². The van der Waals surface area contributed by atoms with E-state index in [-0.39, 0.29) is 25.7 Å². The van der Waals surface area contributed by atoms with Crippen molar-refractivity contribution in [2.45, 2.75) is 4.90 Å². The van der Waals surface area contributed by atoms with Gasteiger partial charge in [0.05, 0.1) is 37.9 Å². The van der Waals surface area contributed by atoms with Crippen LogP contribution in [0.25, 0.3) is 0 Å². The van der Waals surface area contributed by atoms with Gasteiger partial charge in [-0.1, -0.05) is 34.8 Å². The number of fused-ring (bicyclic) bond motifs is 1. The van der Waals surface area contributed by atoms with Crippen LogP contribution in [0.4, 0.5) is 11.4 Å². The van der Waals surface area contributed by atoms with Crippen molar-refractivity contribution in [2.75, 3.05) is 29.8 Å². The van der Waals surface area contributed by atoms with Crippen molar-refractivity contribution in [2.24, 2.45) is 0 Å². The van der Waals surface area contributed by atoms with Crippen LogP contribution in [0.3, 0.4) is 0 Å². The molecule has 0 bridgehead atoms. The summed E-state index contributed by atoms with van der Waals surface area (Å²) in [5, 5.41) is 0.612. The minimum Gasteiger partial charge on any atom is -0.490 e. The zero-order chi connectivity index (χ0) is 17.5. The largest absolute Gasteiger partial charge is 0.490 e. The maximum atomic E-state index is 12.6. The smallest absolute Gasteiger partial charge is 0.262 e. The van der Waals surface area contributed by atoms with Gasteiger partial charge < -0.3 is 9.64 Å². The lowest BCUT2D eigenvalue weighted by molar-refractivity contribution is 0.311. The van der Waals surface area contributed by atoms with Gasteiger partial charge in [0.25, 0.3) is 10.0 Å². The summed E-state index contributed by atoms with van der Waals surface area (Å²) in [6.45, 7) is 1.25. The van der Waals surface area contributed by atoms with Crippen LogP contribution in [-0.2, 0) is 10.0 Å². The molecule has 0 atom stereocenters. The zero-order valence-electron chi connectivity index (χ0n) is 12.5. The Morgan fingerprint density at radius 1 is 1.08 bits per heavy atom. The summed E-state index contributed by atoms with van der Waals surface area (Å²) in [6.07, 6.45) is 0. The second-order valence-corrected chi connectivity index (χ2v) is 8.16. The van der Waals surface area contributed by atoms with Gasteiger partial charge in [0.2, 0.25) is 0 Å². The maximum Gasteiger partial charge on any atom is 0.262 e. The van der Waals surface area contributed by atoms with E-state index < -0.39 is 10.0 Å². The Balaban J connectivity index is 1.97. The molecule has 5 nitrogen and oxygen atoms in total. The molecular formula is C15H13Cl3N2O3S. The average molecular weight is 408 g/mol. The van der Waals surface area contributed by atoms with Crippen LogP contribution in [0.2, 0.25) is 15.1 Å². The lowest BCUT2D eigenvalue weighted by atomic mass is 10.2. The van der Waals surface area contributed by atoms with E-state index in [0.29, 0.717) is 24.6 Å². The molecule has 0 spiro atoms. The molecule has 0 saturated carbocycles. The van der Waals surface area contributed by atoms with Gasteiger partial charge in [0.1, 0.15) is 12.4 Å². The van der Waals surface area contributed by atoms with Crippen molar-refractivity contribution in [1.82, 2.24) is 0 Å². The second kappa shape index (κ2) is 6.52. The summed E-state index contributed by atoms with van der Waals surface area (Å²) in [4.78, 5) is 2.03. The molecule has 1 N–H and O–H groups in total. The van der Waals surface area contributed by atoms with Crippen LogP contribution >= 0.6 is 34.8 Å². The van der Waals surface area contributed by atoms with E-state index in [1.807, 2.05) is 11.9 Å². The Bertz CT molecular complexity index is 903. The fourth-order valence-corrected chi connectivity index (χ4v) is 4.04. The fraction of sp³-hybridized carbons (Fsp3) is 0.200. The molecule has 0 fully saturated rings. The number of nitrogens with one attached hydrogen (secondary N) is 1. The Morgan fingerprint density at radius 3 is 2.54 bits per heavy atom. The molecule has 3 rings (SSSR count). The summed E-state index contributed by atoms with van der Waals surface area (Å²) in [7, 11) is -1.96. The molecule has 0 unspecified atom stereocenters. The lowest BCUT2D eigenvalue weighted by Gasteiger charge is -2.28. The van der Waals surface area contributed by atoms with Crippen molar-refractivity contribution in [1.29, 1.82) is 0 Å². The van der Waals surface area contributed by atoms with Crippen molar-refractivity contribution >= 4 is 56.2 Å². The molecule has 0 aliphatic carbocycles. The molecule has 0 aromatic heterocycles. The first-order chi connectivity index (χ1) is 11.3. The van der Waals surface area contributed by atoms with Gasteiger partial charge >= 0.3 is 0 Å². The number of likely N-dealkylation sites (N-methyl/N-ethyl adjacent to an activating group) is 1. The minimum absolute atomic E-state index is 0.0979. The number of halogens is 3. The van der Waals surface area contributed by atoms with Crippen molar-refractivity contribution in [3.63, 3.8) is 0 Å². The van der Waals surface area contributed by atoms with Gasteiger partial charge in [0, 0.05) is 7.05 Å². The predicted octanol–water partition coefficient (Wildman–Crippen LogP) is 4.28. The van der Waals surface area contributed by atoms with Crippen molar-refractivity contribution < 1.29 is 13.2 Å². The van der Waals surface area contributed by atoms with Gasteiger partial charge in [-0.05, 0) is 30.3 Å². The van der Waals surface area contributed by atoms with Gasteiger partial charge in [0.15, 0.2) is 0 Å². The molecule has 1 aliphatic heterocycles. The number of ether oxygens (including phenoxy) is 1. The normalized spacial score (nSPS) is 14.1. The van der Waals surface area contributed by atoms with E-state index in [2.05, 4.69) is 4.72 Å². The van der Waals surface area contributed by atoms with E-state index in [1.165, 1.54) is 18.2 Å². The molecular weight excluding hydrogens is 395 g/mol. The third kappa shape index (κ3) is 3.37. The molecule has 24 heavy (non-hydrogen) atoms. The van der Waals surface area contributed by atoms with Gasteiger partial charge in [-0.25, -0.2) is 8.42 Å². The van der Waals surface area contributed by atoms with Gasteiger partial charge in [-0.15, -0.1) is 0 Å². The zero-order valence-corrected chi connectivity index (χ0v) is 15.6. The lowest BCUT2D eigenvalue weighted by Crippen LogP contribution is -2.29. The van der Waals surface area contributed by atoms with E-state index in [4.69, 9.17) is 39.5 Å². The highest BCUT2D eigenvalue weighted by Gasteiger charge is 2.22. The van der Waals surface area contributed by atoms with Crippen LogP contribution in [0.15, 0.2) is 35.2 Å². The number of nitrogens with zero attached hydrogens (tertiary/aromatic N) is 1. The molecule has 0 saturated heterocycles. The monoisotopic (exact) mass is 406 g/mol. The molecule has 1 heterocycles. The number of hydrogen-bond donors (Lipinski definition) is 1. The van der Waals surface area contributed by atoms with Crippen LogP contribution in [0, 0.1) is 0 Å². The summed E-state index contributed by atoms with van der Waals surface area (Å²) < 4.78 is 33.2. The number of hydrogen-bond acceptors (Lipinski definition) is 4. The first-order valence-electron chi connectivity index (χ1n) is 6.93. The Morgan fingerprint density at radius 2 is 1.79 bits per heavy atom. The van der Waals surface area contributed by atoms with Gasteiger partial charge in [-0.3, -0.25) is 4.72 Å². The number of sulfonamides is 1. The Hall–Kier alpha value is -1.34. The third-order valence-electron chi connectivity index (χ3n) is 3.59. The molecule has 1 aliphatic rings. The molecule has 0 amide bonds. The molecule has 9 heteroatoms. The van der Waals surface area contributed by atoms with E-state index in [1.54, 1.807) is 12.1 Å². The number of rotatable bonds is 3. The quantitative estimate of drug-likeness (QED) is 0.772. The highest BCUT2D eigenvalue weighted by molar-refractivity contribution is 7.92. The molecule has 2 aromatic rings. The Kier molecular flexibility index (Phi) is 4.75. The molecule has 0 radical (unpaired) electrons. The van der Waals surface area contributed by atoms with E-state index >= 15 is 0 Å². The van der Waals surface area contributed by atoms with E-state index in [9.17, 15) is 8.42 Å². The third-order valence-corrected chi connectivity index (χ3v) is 5.99. The van der Waals surface area contributed by atoms with Crippen molar-refractivity contribution in [3.8, 4) is 5.75 Å². The SMILES string of the molecule is CN1CCOc2ccc(S(=O)(=O)Nc3cc(Cl)c(Cl)cc3Cl)cc21. The molecule has 2 aromatic carbocycles. The topological polar surface area (TPSA) is 58.6 Å². The number of anilines is 2. The predicted molar refractivity (Wildman–Crippen MR) is 97.5 cm³/mol. The highest BCUT2D eigenvalue weighted by Crippen LogP contribution is 2.36. The highest BCUT2D eigenvalue weighted by atomic mass is 35.5. The minimum atomic E-state index is -3.84. The first kappa shape index (κ1) is 17.5. The fourth-order valence-electron chi connectivity index (χ4n) is 2.30. The second-order valence-electron chi connectivity index (χ2n) is 5.25. The summed E-state index contributed by atoms with van der Waals surface area (Å²) in [6, 6.07) is 7.43. The van der Waals surface area contributed by atoms with Crippen LogP contribution in [0.5, 0.6) is 5.75 Å². The first-order valence-corrected chi connectivity index (χ1v) is 9.55. The number of benzene rings is 2. The summed E-state index contributed by atoms with van der Waals surface area (Å²) in [5.41, 5.74) is 0.873. The summed E-state index contributed by atoms with van der Waals surface area (Å²) in [5.74, 6) is 0.648. The van der Waals surface area contributed by atoms with E-state index in [0.717, 1.165) is 0 Å². The van der Waals surface area contributed by atoms with Crippen molar-refractivity contribution in [3.05, 3.63) is 45.4 Å². The maximum absolute atomic E-state index is 12.6. The summed E-state index contributed by atoms with van der Waals surface area (Å²) >= 11 is 17.8. The van der Waals surface area contributed by atoms with Crippen LogP contribution in [-0.4, -0.2) is 28.6 Å². The average Bonchev–Trinajstić information content (AvgIpc) is 2.52. The standard InChI is InChI=1S/C15H13Cl3N2O3S/c1-20-4-5-23-15-3-2-9(6-14(15)20)24(21,22)19-13-8-11(17)10(16)7-12(13)18/h2-3,6-8,19H,4-5H2,1H3. The van der Waals surface area contributed by atoms with Gasteiger partial charge in [-0.2, -0.15) is 0 Å². The molecule has 128 valence electrons. The Labute approximate surface area is 155 Å². The van der Waals surface area contributed by atoms with Crippen LogP contribution in [0.1, 0.15) is 0 Å².